The van der Waals surface area contributed by atoms with Crippen molar-refractivity contribution in [3.05, 3.63) is 65.7 Å². The SMILES string of the molecule is COc1ccc(C(CC(=O)N2C(=O)OC[C@@H]2c2ccccc2)C(F)(F)F)cc1. The zero-order valence-corrected chi connectivity index (χ0v) is 15.0. The summed E-state index contributed by atoms with van der Waals surface area (Å²) in [5.41, 5.74) is 0.542. The number of halogens is 3. The molecule has 1 aliphatic heterocycles. The van der Waals surface area contributed by atoms with E-state index in [9.17, 15) is 22.8 Å². The Labute approximate surface area is 159 Å². The number of methoxy groups -OCH3 is 1. The average Bonchev–Trinajstić information content (AvgIpc) is 3.07. The number of benzene rings is 2. The van der Waals surface area contributed by atoms with Crippen LogP contribution >= 0.6 is 0 Å². The summed E-state index contributed by atoms with van der Waals surface area (Å²) in [5, 5.41) is 0. The summed E-state index contributed by atoms with van der Waals surface area (Å²) in [6.07, 6.45) is -6.49. The Morgan fingerprint density at radius 1 is 1.18 bits per heavy atom. The van der Waals surface area contributed by atoms with Crippen LogP contribution in [0, 0.1) is 0 Å². The van der Waals surface area contributed by atoms with Crippen LogP contribution in [0.1, 0.15) is 29.5 Å². The van der Waals surface area contributed by atoms with E-state index in [1.807, 2.05) is 0 Å². The van der Waals surface area contributed by atoms with E-state index in [1.54, 1.807) is 30.3 Å². The van der Waals surface area contributed by atoms with Gasteiger partial charge in [0.05, 0.1) is 13.0 Å². The summed E-state index contributed by atoms with van der Waals surface area (Å²) in [5.74, 6) is -2.58. The number of hydrogen-bond acceptors (Lipinski definition) is 4. The lowest BCUT2D eigenvalue weighted by molar-refractivity contribution is -0.160. The Morgan fingerprint density at radius 3 is 2.39 bits per heavy atom. The van der Waals surface area contributed by atoms with Gasteiger partial charge in [0, 0.05) is 6.42 Å². The summed E-state index contributed by atoms with van der Waals surface area (Å²) in [4.78, 5) is 25.5. The summed E-state index contributed by atoms with van der Waals surface area (Å²) in [6.45, 7) is -0.0895. The summed E-state index contributed by atoms with van der Waals surface area (Å²) >= 11 is 0. The first-order valence-electron chi connectivity index (χ1n) is 8.55. The third-order valence-corrected chi connectivity index (χ3v) is 4.62. The zero-order valence-electron chi connectivity index (χ0n) is 15.0. The van der Waals surface area contributed by atoms with Crippen molar-refractivity contribution in [3.63, 3.8) is 0 Å². The fourth-order valence-electron chi connectivity index (χ4n) is 3.15. The number of hydrogen-bond donors (Lipinski definition) is 0. The van der Waals surface area contributed by atoms with Gasteiger partial charge in [-0.1, -0.05) is 42.5 Å². The van der Waals surface area contributed by atoms with Crippen LogP contribution < -0.4 is 4.74 Å². The second-order valence-electron chi connectivity index (χ2n) is 6.34. The molecule has 0 spiro atoms. The lowest BCUT2D eigenvalue weighted by Crippen LogP contribution is -2.37. The van der Waals surface area contributed by atoms with Gasteiger partial charge in [0.1, 0.15) is 18.4 Å². The molecule has 5 nitrogen and oxygen atoms in total. The van der Waals surface area contributed by atoms with Crippen LogP contribution in [-0.2, 0) is 9.53 Å². The van der Waals surface area contributed by atoms with Crippen molar-refractivity contribution in [2.45, 2.75) is 24.6 Å². The Balaban J connectivity index is 1.85. The number of alkyl halides is 3. The first-order chi connectivity index (χ1) is 13.3. The summed E-state index contributed by atoms with van der Waals surface area (Å²) in [6, 6.07) is 13.2. The van der Waals surface area contributed by atoms with E-state index < -0.39 is 36.6 Å². The van der Waals surface area contributed by atoms with Gasteiger partial charge in [-0.25, -0.2) is 9.69 Å². The van der Waals surface area contributed by atoms with Gasteiger partial charge in [-0.3, -0.25) is 4.79 Å². The van der Waals surface area contributed by atoms with Gasteiger partial charge in [-0.2, -0.15) is 13.2 Å². The molecule has 2 aromatic rings. The van der Waals surface area contributed by atoms with E-state index >= 15 is 0 Å². The molecule has 1 heterocycles. The third kappa shape index (κ3) is 4.11. The van der Waals surface area contributed by atoms with Crippen molar-refractivity contribution in [3.8, 4) is 5.75 Å². The number of cyclic esters (lactones) is 1. The van der Waals surface area contributed by atoms with E-state index in [0.29, 0.717) is 11.3 Å². The number of carbonyl (C=O) groups excluding carboxylic acids is 2. The van der Waals surface area contributed by atoms with Crippen LogP contribution in [0.4, 0.5) is 18.0 Å². The van der Waals surface area contributed by atoms with Crippen LogP contribution in [-0.4, -0.2) is 36.8 Å². The fourth-order valence-corrected chi connectivity index (χ4v) is 3.15. The minimum Gasteiger partial charge on any atom is -0.497 e. The standard InChI is InChI=1S/C20H18F3NO4/c1-27-15-9-7-13(8-10-15)16(20(21,22)23)11-18(25)24-17(12-28-19(24)26)14-5-3-2-4-6-14/h2-10,16-17H,11-12H2,1H3/t16?,17-/m1/s1. The van der Waals surface area contributed by atoms with Gasteiger partial charge in [-0.15, -0.1) is 0 Å². The molecular weight excluding hydrogens is 375 g/mol. The molecule has 28 heavy (non-hydrogen) atoms. The maximum absolute atomic E-state index is 13.6. The third-order valence-electron chi connectivity index (χ3n) is 4.62. The largest absolute Gasteiger partial charge is 0.497 e. The molecule has 1 saturated heterocycles. The predicted molar refractivity (Wildman–Crippen MR) is 93.8 cm³/mol. The molecule has 0 radical (unpaired) electrons. The molecule has 0 aromatic heterocycles. The van der Waals surface area contributed by atoms with Crippen molar-refractivity contribution in [1.29, 1.82) is 0 Å². The molecule has 0 bridgehead atoms. The normalized spacial score (nSPS) is 17.9. The molecule has 8 heteroatoms. The number of imide groups is 1. The van der Waals surface area contributed by atoms with Crippen molar-refractivity contribution >= 4 is 12.0 Å². The van der Waals surface area contributed by atoms with E-state index in [-0.39, 0.29) is 12.2 Å². The highest BCUT2D eigenvalue weighted by Gasteiger charge is 2.46. The maximum Gasteiger partial charge on any atom is 0.417 e. The van der Waals surface area contributed by atoms with Crippen molar-refractivity contribution in [2.75, 3.05) is 13.7 Å². The summed E-state index contributed by atoms with van der Waals surface area (Å²) < 4.78 is 50.8. The number of ether oxygens (including phenoxy) is 2. The lowest BCUT2D eigenvalue weighted by Gasteiger charge is -2.25. The van der Waals surface area contributed by atoms with Crippen LogP contribution in [0.5, 0.6) is 5.75 Å². The van der Waals surface area contributed by atoms with E-state index in [1.165, 1.54) is 31.4 Å². The Hall–Kier alpha value is -3.03. The zero-order chi connectivity index (χ0) is 20.3. The molecule has 2 amide bonds. The molecule has 148 valence electrons. The number of rotatable bonds is 5. The van der Waals surface area contributed by atoms with Gasteiger partial charge in [0.2, 0.25) is 5.91 Å². The average molecular weight is 393 g/mol. The topological polar surface area (TPSA) is 55.8 Å². The molecule has 2 atom stereocenters. The van der Waals surface area contributed by atoms with Gasteiger partial charge >= 0.3 is 12.3 Å². The number of amides is 2. The minimum atomic E-state index is -4.66. The van der Waals surface area contributed by atoms with Crippen LogP contribution in [0.25, 0.3) is 0 Å². The first kappa shape index (κ1) is 19.7. The molecule has 1 unspecified atom stereocenters. The van der Waals surface area contributed by atoms with Crippen molar-refractivity contribution in [2.24, 2.45) is 0 Å². The van der Waals surface area contributed by atoms with Gasteiger partial charge < -0.3 is 9.47 Å². The van der Waals surface area contributed by atoms with Crippen molar-refractivity contribution in [1.82, 2.24) is 4.90 Å². The highest BCUT2D eigenvalue weighted by atomic mass is 19.4. The molecule has 0 saturated carbocycles. The minimum absolute atomic E-state index is 0.0783. The van der Waals surface area contributed by atoms with Crippen LogP contribution in [0.15, 0.2) is 54.6 Å². The monoisotopic (exact) mass is 393 g/mol. The van der Waals surface area contributed by atoms with Crippen LogP contribution in [0.3, 0.4) is 0 Å². The molecule has 2 aromatic carbocycles. The quantitative estimate of drug-likeness (QED) is 0.753. The summed E-state index contributed by atoms with van der Waals surface area (Å²) in [7, 11) is 1.41. The highest BCUT2D eigenvalue weighted by Crippen LogP contribution is 2.39. The molecule has 0 N–H and O–H groups in total. The van der Waals surface area contributed by atoms with Gasteiger partial charge in [0.25, 0.3) is 0 Å². The van der Waals surface area contributed by atoms with E-state index in [4.69, 9.17) is 9.47 Å². The first-order valence-corrected chi connectivity index (χ1v) is 8.55. The lowest BCUT2D eigenvalue weighted by atomic mass is 9.94. The van der Waals surface area contributed by atoms with Gasteiger partial charge in [-0.05, 0) is 23.3 Å². The van der Waals surface area contributed by atoms with Gasteiger partial charge in [0.15, 0.2) is 0 Å². The number of nitrogens with zero attached hydrogens (tertiary/aromatic N) is 1. The second kappa shape index (κ2) is 7.92. The highest BCUT2D eigenvalue weighted by molar-refractivity contribution is 5.94. The number of carbonyl (C=O) groups is 2. The van der Waals surface area contributed by atoms with E-state index in [2.05, 4.69) is 0 Å². The second-order valence-corrected chi connectivity index (χ2v) is 6.34. The molecule has 1 aliphatic rings. The molecular formula is C20H18F3NO4. The maximum atomic E-state index is 13.6. The Bertz CT molecular complexity index is 837. The Kier molecular flexibility index (Phi) is 5.58. The van der Waals surface area contributed by atoms with E-state index in [0.717, 1.165) is 4.90 Å². The fraction of sp³-hybridized carbons (Fsp3) is 0.300. The molecule has 3 rings (SSSR count). The smallest absolute Gasteiger partial charge is 0.417 e. The van der Waals surface area contributed by atoms with Crippen molar-refractivity contribution < 1.29 is 32.2 Å². The Morgan fingerprint density at radius 2 is 1.82 bits per heavy atom. The molecule has 1 fully saturated rings. The predicted octanol–water partition coefficient (Wildman–Crippen LogP) is 4.45. The van der Waals surface area contributed by atoms with Crippen LogP contribution in [0.2, 0.25) is 0 Å². The molecule has 0 aliphatic carbocycles.